The smallest absolute Gasteiger partial charge is 0.351 e. The van der Waals surface area contributed by atoms with Crippen molar-refractivity contribution in [3.8, 4) is 11.3 Å². The first-order chi connectivity index (χ1) is 16.9. The van der Waals surface area contributed by atoms with Crippen LogP contribution in [-0.4, -0.2) is 47.4 Å². The molecule has 0 amide bonds. The van der Waals surface area contributed by atoms with Gasteiger partial charge in [0.05, 0.1) is 35.3 Å². The number of nitrogens with one attached hydrogen (secondary N) is 1. The average molecular weight is 542 g/mol. The van der Waals surface area contributed by atoms with Crippen molar-refractivity contribution in [1.82, 2.24) is 15.0 Å². The highest BCUT2D eigenvalue weighted by molar-refractivity contribution is 7.90. The first-order valence-corrected chi connectivity index (χ1v) is 13.8. The molecule has 4 rings (SSSR count). The zero-order valence-corrected chi connectivity index (χ0v) is 21.2. The Labute approximate surface area is 212 Å². The lowest BCUT2D eigenvalue weighted by Gasteiger charge is -2.26. The molecule has 1 saturated carbocycles. The molecular formula is C24H27ClF3N5O2S. The number of nitrogens with two attached hydrogens (primary N) is 1. The van der Waals surface area contributed by atoms with Gasteiger partial charge in [-0.1, -0.05) is 23.7 Å². The molecule has 0 spiro atoms. The van der Waals surface area contributed by atoms with Crippen molar-refractivity contribution in [2.45, 2.75) is 63.0 Å². The summed E-state index contributed by atoms with van der Waals surface area (Å²) >= 11 is 6.30. The summed E-state index contributed by atoms with van der Waals surface area (Å²) in [7, 11) is -3.97. The summed E-state index contributed by atoms with van der Waals surface area (Å²) in [6.07, 6.45) is -0.395. The van der Waals surface area contributed by atoms with E-state index in [9.17, 15) is 21.6 Å². The number of hydrogen-bond donors (Lipinski definition) is 2. The Kier molecular flexibility index (Phi) is 7.72. The van der Waals surface area contributed by atoms with Gasteiger partial charge in [0.2, 0.25) is 5.95 Å². The third-order valence-electron chi connectivity index (χ3n) is 6.26. The second-order valence-electron chi connectivity index (χ2n) is 9.27. The molecule has 2 heterocycles. The van der Waals surface area contributed by atoms with Crippen molar-refractivity contribution in [3.63, 3.8) is 0 Å². The van der Waals surface area contributed by atoms with Gasteiger partial charge in [-0.2, -0.15) is 13.2 Å². The van der Waals surface area contributed by atoms with Crippen molar-refractivity contribution in [3.05, 3.63) is 46.6 Å². The number of rotatable bonds is 7. The van der Waals surface area contributed by atoms with Crippen LogP contribution in [0.25, 0.3) is 22.3 Å². The molecule has 0 atom stereocenters. The van der Waals surface area contributed by atoms with Crippen LogP contribution in [0.4, 0.5) is 19.1 Å². The quantitative estimate of drug-likeness (QED) is 0.423. The maximum absolute atomic E-state index is 12.4. The molecule has 0 radical (unpaired) electrons. The highest BCUT2D eigenvalue weighted by Crippen LogP contribution is 2.30. The standard InChI is InChI=1S/C24H27ClF3N5O2S/c1-14-10-20(15-2-3-16(19(25)11-15)13-36(34,35)9-8-24(26,27)28)32-21-12-30-23(33-22(14)21)31-18-6-4-17(29)5-7-18/h2-3,10-12,17-18H,4-9,13,29H2,1H3,(H,30,31,33). The van der Waals surface area contributed by atoms with Crippen LogP contribution in [-0.2, 0) is 15.6 Å². The molecule has 0 aliphatic heterocycles. The molecule has 194 valence electrons. The Balaban J connectivity index is 1.52. The Morgan fingerprint density at radius 2 is 1.86 bits per heavy atom. The lowest BCUT2D eigenvalue weighted by atomic mass is 9.92. The van der Waals surface area contributed by atoms with Gasteiger partial charge in [0.1, 0.15) is 5.52 Å². The maximum Gasteiger partial charge on any atom is 0.390 e. The second kappa shape index (κ2) is 10.5. The molecule has 36 heavy (non-hydrogen) atoms. The number of hydrogen-bond acceptors (Lipinski definition) is 7. The van der Waals surface area contributed by atoms with E-state index in [-0.39, 0.29) is 22.7 Å². The molecule has 0 bridgehead atoms. The van der Waals surface area contributed by atoms with E-state index in [1.165, 1.54) is 6.07 Å². The van der Waals surface area contributed by atoms with Crippen molar-refractivity contribution in [1.29, 1.82) is 0 Å². The largest absolute Gasteiger partial charge is 0.390 e. The number of sulfone groups is 1. The van der Waals surface area contributed by atoms with Gasteiger partial charge in [-0.25, -0.2) is 23.4 Å². The lowest BCUT2D eigenvalue weighted by molar-refractivity contribution is -0.129. The summed E-state index contributed by atoms with van der Waals surface area (Å²) in [6, 6.07) is 7.11. The third kappa shape index (κ3) is 6.83. The summed E-state index contributed by atoms with van der Waals surface area (Å²) in [5.74, 6) is -1.01. The fraction of sp³-hybridized carbons (Fsp3) is 0.458. The molecule has 3 N–H and O–H groups in total. The van der Waals surface area contributed by atoms with E-state index in [1.54, 1.807) is 18.3 Å². The van der Waals surface area contributed by atoms with Crippen LogP contribution in [0.1, 0.15) is 43.2 Å². The summed E-state index contributed by atoms with van der Waals surface area (Å²) in [4.78, 5) is 13.7. The van der Waals surface area contributed by atoms with Gasteiger partial charge < -0.3 is 11.1 Å². The van der Waals surface area contributed by atoms with Gasteiger partial charge in [0.15, 0.2) is 9.84 Å². The average Bonchev–Trinajstić information content (AvgIpc) is 2.80. The van der Waals surface area contributed by atoms with Crippen LogP contribution in [0.15, 0.2) is 30.5 Å². The highest BCUT2D eigenvalue weighted by atomic mass is 35.5. The van der Waals surface area contributed by atoms with Gasteiger partial charge in [0, 0.05) is 22.7 Å². The number of nitrogens with zero attached hydrogens (tertiary/aromatic N) is 3. The predicted molar refractivity (Wildman–Crippen MR) is 135 cm³/mol. The summed E-state index contributed by atoms with van der Waals surface area (Å²) in [6.45, 7) is 1.91. The maximum atomic E-state index is 12.4. The number of aryl methyl sites for hydroxylation is 1. The summed E-state index contributed by atoms with van der Waals surface area (Å²) < 4.78 is 61.5. The number of aromatic nitrogens is 3. The molecule has 12 heteroatoms. The van der Waals surface area contributed by atoms with E-state index in [1.807, 2.05) is 13.0 Å². The van der Waals surface area contributed by atoms with Crippen LogP contribution in [0.5, 0.6) is 0 Å². The predicted octanol–water partition coefficient (Wildman–Crippen LogP) is 5.20. The Morgan fingerprint density at radius 1 is 1.14 bits per heavy atom. The molecule has 0 unspecified atom stereocenters. The SMILES string of the molecule is Cc1cc(-c2ccc(CS(=O)(=O)CCC(F)(F)F)c(Cl)c2)nc2cnc(NC3CCC(N)CC3)nc12. The Hall–Kier alpha value is -2.50. The molecule has 1 aromatic carbocycles. The minimum absolute atomic E-state index is 0.144. The van der Waals surface area contributed by atoms with Crippen molar-refractivity contribution < 1.29 is 21.6 Å². The molecule has 2 aromatic heterocycles. The minimum atomic E-state index is -4.54. The molecule has 3 aromatic rings. The normalized spacial score (nSPS) is 18.9. The van der Waals surface area contributed by atoms with Crippen LogP contribution in [0.3, 0.4) is 0 Å². The molecule has 1 aliphatic carbocycles. The second-order valence-corrected chi connectivity index (χ2v) is 11.9. The zero-order chi connectivity index (χ0) is 26.1. The lowest BCUT2D eigenvalue weighted by Crippen LogP contribution is -2.33. The summed E-state index contributed by atoms with van der Waals surface area (Å²) in [5.41, 5.74) is 9.63. The first kappa shape index (κ1) is 26.6. The van der Waals surface area contributed by atoms with Gasteiger partial charge in [-0.15, -0.1) is 0 Å². The molecular weight excluding hydrogens is 515 g/mol. The number of halogens is 4. The molecule has 1 aliphatic rings. The summed E-state index contributed by atoms with van der Waals surface area (Å²) in [5, 5.41) is 3.53. The zero-order valence-electron chi connectivity index (χ0n) is 19.6. The topological polar surface area (TPSA) is 111 Å². The van der Waals surface area contributed by atoms with E-state index in [0.717, 1.165) is 31.2 Å². The van der Waals surface area contributed by atoms with Crippen molar-refractivity contribution in [2.24, 2.45) is 5.73 Å². The molecule has 7 nitrogen and oxygen atoms in total. The van der Waals surface area contributed by atoms with Gasteiger partial charge in [-0.05, 0) is 55.9 Å². The van der Waals surface area contributed by atoms with Gasteiger partial charge >= 0.3 is 6.18 Å². The number of benzene rings is 1. The minimum Gasteiger partial charge on any atom is -0.351 e. The molecule has 1 fully saturated rings. The van der Waals surface area contributed by atoms with E-state index in [4.69, 9.17) is 17.3 Å². The monoisotopic (exact) mass is 541 g/mol. The Bertz CT molecular complexity index is 1360. The van der Waals surface area contributed by atoms with E-state index in [0.29, 0.717) is 28.2 Å². The first-order valence-electron chi connectivity index (χ1n) is 11.6. The van der Waals surface area contributed by atoms with E-state index < -0.39 is 33.9 Å². The highest BCUT2D eigenvalue weighted by Gasteiger charge is 2.30. The van der Waals surface area contributed by atoms with E-state index >= 15 is 0 Å². The number of fused-ring (bicyclic) bond motifs is 1. The van der Waals surface area contributed by atoms with Crippen molar-refractivity contribution >= 4 is 38.4 Å². The van der Waals surface area contributed by atoms with Gasteiger partial charge in [-0.3, -0.25) is 0 Å². The number of pyridine rings is 1. The van der Waals surface area contributed by atoms with E-state index in [2.05, 4.69) is 20.3 Å². The van der Waals surface area contributed by atoms with Crippen LogP contribution in [0.2, 0.25) is 5.02 Å². The van der Waals surface area contributed by atoms with Crippen molar-refractivity contribution in [2.75, 3.05) is 11.1 Å². The number of anilines is 1. The Morgan fingerprint density at radius 3 is 2.53 bits per heavy atom. The third-order valence-corrected chi connectivity index (χ3v) is 8.19. The van der Waals surface area contributed by atoms with Crippen LogP contribution in [0, 0.1) is 6.92 Å². The fourth-order valence-electron chi connectivity index (χ4n) is 4.25. The fourth-order valence-corrected chi connectivity index (χ4v) is 5.99. The molecule has 0 saturated heterocycles. The van der Waals surface area contributed by atoms with Crippen LogP contribution < -0.4 is 11.1 Å². The van der Waals surface area contributed by atoms with Gasteiger partial charge in [0.25, 0.3) is 0 Å². The number of alkyl halides is 3. The van der Waals surface area contributed by atoms with Crippen LogP contribution >= 0.6 is 11.6 Å².